The van der Waals surface area contributed by atoms with Gasteiger partial charge in [-0.25, -0.2) is 4.79 Å². The molecule has 0 unspecified atom stereocenters. The van der Waals surface area contributed by atoms with Gasteiger partial charge in [-0.15, -0.1) is 0 Å². The van der Waals surface area contributed by atoms with Gasteiger partial charge < -0.3 is 4.90 Å². The second kappa shape index (κ2) is 8.89. The van der Waals surface area contributed by atoms with Crippen LogP contribution in [0, 0.1) is 5.92 Å². The van der Waals surface area contributed by atoms with Gasteiger partial charge in [0.15, 0.2) is 5.78 Å². The Hall–Kier alpha value is -3.19. The molecule has 7 nitrogen and oxygen atoms in total. The Morgan fingerprint density at radius 2 is 1.84 bits per heavy atom. The lowest BCUT2D eigenvalue weighted by molar-refractivity contribution is -0.120. The molecule has 1 atom stereocenters. The van der Waals surface area contributed by atoms with Crippen molar-refractivity contribution in [3.63, 3.8) is 0 Å². The zero-order valence-corrected chi connectivity index (χ0v) is 17.6. The van der Waals surface area contributed by atoms with E-state index in [1.54, 1.807) is 53.4 Å². The first-order valence-electron chi connectivity index (χ1n) is 10.2. The summed E-state index contributed by atoms with van der Waals surface area (Å²) in [5.74, 6) is -0.895. The number of amides is 4. The molecule has 0 radical (unpaired) electrons. The summed E-state index contributed by atoms with van der Waals surface area (Å²) in [6.45, 7) is 1.06. The lowest BCUT2D eigenvalue weighted by Gasteiger charge is -2.34. The van der Waals surface area contributed by atoms with Crippen LogP contribution in [0.2, 0.25) is 5.02 Å². The molecule has 2 fully saturated rings. The standard InChI is InChI=1S/C23H22ClN3O4/c24-17-7-3-5-15(13-17)21(29)16-6-4-11-26(14-16)22(30)18-8-1-2-9-19(18)27-12-10-20(28)25-23(27)31/h1-3,5,7-9,13,16H,4,6,10-12,14H2,(H,25,28,31)/t16-/m1/s1. The summed E-state index contributed by atoms with van der Waals surface area (Å²) < 4.78 is 0. The van der Waals surface area contributed by atoms with Crippen molar-refractivity contribution in [2.24, 2.45) is 5.92 Å². The Kier molecular flexibility index (Phi) is 6.04. The highest BCUT2D eigenvalue weighted by Crippen LogP contribution is 2.27. The number of rotatable bonds is 4. The van der Waals surface area contributed by atoms with Crippen molar-refractivity contribution < 1.29 is 19.2 Å². The Balaban J connectivity index is 1.54. The highest BCUT2D eigenvalue weighted by molar-refractivity contribution is 6.31. The number of piperidine rings is 1. The molecule has 4 rings (SSSR count). The van der Waals surface area contributed by atoms with E-state index in [9.17, 15) is 19.2 Å². The number of ketones is 1. The van der Waals surface area contributed by atoms with Gasteiger partial charge in [0.1, 0.15) is 0 Å². The van der Waals surface area contributed by atoms with Crippen LogP contribution in [0.5, 0.6) is 0 Å². The monoisotopic (exact) mass is 439 g/mol. The van der Waals surface area contributed by atoms with Gasteiger partial charge in [0, 0.05) is 42.6 Å². The zero-order valence-electron chi connectivity index (χ0n) is 16.8. The molecule has 2 aliphatic heterocycles. The van der Waals surface area contributed by atoms with Crippen molar-refractivity contribution in [2.75, 3.05) is 24.5 Å². The first-order chi connectivity index (χ1) is 14.9. The average molecular weight is 440 g/mol. The lowest BCUT2D eigenvalue weighted by Crippen LogP contribution is -2.50. The predicted octanol–water partition coefficient (Wildman–Crippen LogP) is 3.52. The first-order valence-corrected chi connectivity index (χ1v) is 10.6. The molecular weight excluding hydrogens is 418 g/mol. The first kappa shape index (κ1) is 21.1. The summed E-state index contributed by atoms with van der Waals surface area (Å²) in [4.78, 5) is 53.2. The van der Waals surface area contributed by atoms with Crippen LogP contribution in [-0.2, 0) is 4.79 Å². The maximum Gasteiger partial charge on any atom is 0.328 e. The van der Waals surface area contributed by atoms with Crippen molar-refractivity contribution in [3.05, 3.63) is 64.7 Å². The van der Waals surface area contributed by atoms with Crippen molar-refractivity contribution in [2.45, 2.75) is 19.3 Å². The highest BCUT2D eigenvalue weighted by Gasteiger charge is 2.32. The van der Waals surface area contributed by atoms with Crippen molar-refractivity contribution in [3.8, 4) is 0 Å². The number of hydrogen-bond donors (Lipinski definition) is 1. The van der Waals surface area contributed by atoms with Crippen LogP contribution in [0.4, 0.5) is 10.5 Å². The van der Waals surface area contributed by atoms with E-state index >= 15 is 0 Å². The minimum atomic E-state index is -0.538. The van der Waals surface area contributed by atoms with Crippen LogP contribution >= 0.6 is 11.6 Å². The quantitative estimate of drug-likeness (QED) is 0.738. The second-order valence-corrected chi connectivity index (χ2v) is 8.17. The molecule has 2 heterocycles. The number of nitrogens with zero attached hydrogens (tertiary/aromatic N) is 2. The molecule has 0 bridgehead atoms. The number of benzene rings is 2. The minimum absolute atomic E-state index is 0.0257. The molecule has 2 aliphatic rings. The van der Waals surface area contributed by atoms with E-state index in [1.165, 1.54) is 4.90 Å². The molecule has 0 spiro atoms. The third kappa shape index (κ3) is 4.46. The van der Waals surface area contributed by atoms with Gasteiger partial charge in [-0.3, -0.25) is 24.6 Å². The molecule has 0 aromatic heterocycles. The molecule has 160 valence electrons. The van der Waals surface area contributed by atoms with Gasteiger partial charge in [0.25, 0.3) is 5.91 Å². The number of carbonyl (C=O) groups excluding carboxylic acids is 4. The minimum Gasteiger partial charge on any atom is -0.338 e. The van der Waals surface area contributed by atoms with Gasteiger partial charge in [-0.2, -0.15) is 0 Å². The fourth-order valence-corrected chi connectivity index (χ4v) is 4.30. The van der Waals surface area contributed by atoms with E-state index in [1.807, 2.05) is 0 Å². The molecular formula is C23H22ClN3O4. The van der Waals surface area contributed by atoms with E-state index in [0.29, 0.717) is 47.8 Å². The summed E-state index contributed by atoms with van der Waals surface area (Å²) in [6, 6.07) is 13.2. The Labute approximate surface area is 185 Å². The van der Waals surface area contributed by atoms with E-state index < -0.39 is 6.03 Å². The Morgan fingerprint density at radius 1 is 1.03 bits per heavy atom. The van der Waals surface area contributed by atoms with Gasteiger partial charge in [0.2, 0.25) is 5.91 Å². The van der Waals surface area contributed by atoms with Crippen LogP contribution in [-0.4, -0.2) is 48.2 Å². The Bertz CT molecular complexity index is 1050. The number of para-hydroxylation sites is 1. The van der Waals surface area contributed by atoms with E-state index in [4.69, 9.17) is 11.6 Å². The number of halogens is 1. The van der Waals surface area contributed by atoms with E-state index in [0.717, 1.165) is 0 Å². The van der Waals surface area contributed by atoms with E-state index in [2.05, 4.69) is 5.32 Å². The van der Waals surface area contributed by atoms with Crippen LogP contribution < -0.4 is 10.2 Å². The molecule has 2 aromatic rings. The molecule has 0 saturated carbocycles. The molecule has 4 amide bonds. The smallest absolute Gasteiger partial charge is 0.328 e. The van der Waals surface area contributed by atoms with Crippen molar-refractivity contribution in [1.29, 1.82) is 0 Å². The largest absolute Gasteiger partial charge is 0.338 e. The van der Waals surface area contributed by atoms with Crippen LogP contribution in [0.3, 0.4) is 0 Å². The number of hydrogen-bond acceptors (Lipinski definition) is 4. The summed E-state index contributed by atoms with van der Waals surface area (Å²) in [7, 11) is 0. The normalized spacial score (nSPS) is 19.2. The molecule has 2 aromatic carbocycles. The second-order valence-electron chi connectivity index (χ2n) is 7.74. The van der Waals surface area contributed by atoms with Crippen LogP contribution in [0.15, 0.2) is 48.5 Å². The molecule has 1 N–H and O–H groups in total. The molecule has 31 heavy (non-hydrogen) atoms. The molecule has 8 heteroatoms. The number of nitrogens with one attached hydrogen (secondary N) is 1. The number of anilines is 1. The van der Waals surface area contributed by atoms with Gasteiger partial charge in [0.05, 0.1) is 11.3 Å². The van der Waals surface area contributed by atoms with Gasteiger partial charge in [-0.05, 0) is 37.1 Å². The summed E-state index contributed by atoms with van der Waals surface area (Å²) in [5.41, 5.74) is 1.38. The summed E-state index contributed by atoms with van der Waals surface area (Å²) >= 11 is 6.02. The SMILES string of the molecule is O=C1CCN(c2ccccc2C(=O)N2CCC[C@@H](C(=O)c3cccc(Cl)c3)C2)C(=O)N1. The number of likely N-dealkylation sites (tertiary alicyclic amines) is 1. The lowest BCUT2D eigenvalue weighted by atomic mass is 9.89. The molecule has 2 saturated heterocycles. The van der Waals surface area contributed by atoms with Gasteiger partial charge >= 0.3 is 6.03 Å². The third-order valence-electron chi connectivity index (χ3n) is 5.67. The number of imide groups is 1. The average Bonchev–Trinajstić information content (AvgIpc) is 2.78. The fourth-order valence-electron chi connectivity index (χ4n) is 4.11. The maximum atomic E-state index is 13.4. The third-order valence-corrected chi connectivity index (χ3v) is 5.90. The number of carbonyl (C=O) groups is 4. The topological polar surface area (TPSA) is 86.8 Å². The van der Waals surface area contributed by atoms with E-state index in [-0.39, 0.29) is 36.5 Å². The maximum absolute atomic E-state index is 13.4. The predicted molar refractivity (Wildman–Crippen MR) is 116 cm³/mol. The summed E-state index contributed by atoms with van der Waals surface area (Å²) in [5, 5.41) is 2.79. The van der Waals surface area contributed by atoms with Crippen molar-refractivity contribution in [1.82, 2.24) is 10.2 Å². The van der Waals surface area contributed by atoms with Crippen LogP contribution in [0.1, 0.15) is 40.0 Å². The zero-order chi connectivity index (χ0) is 22.0. The van der Waals surface area contributed by atoms with Crippen molar-refractivity contribution >= 4 is 40.9 Å². The molecule has 0 aliphatic carbocycles. The van der Waals surface area contributed by atoms with Crippen LogP contribution in [0.25, 0.3) is 0 Å². The fraction of sp³-hybridized carbons (Fsp3) is 0.304. The number of Topliss-reactive ketones (excluding diaryl/α,β-unsaturated/α-hetero) is 1. The number of urea groups is 1. The Morgan fingerprint density at radius 3 is 2.61 bits per heavy atom. The highest BCUT2D eigenvalue weighted by atomic mass is 35.5. The summed E-state index contributed by atoms with van der Waals surface area (Å²) in [6.07, 6.45) is 1.59. The van der Waals surface area contributed by atoms with Gasteiger partial charge in [-0.1, -0.05) is 35.9 Å².